The summed E-state index contributed by atoms with van der Waals surface area (Å²) in [6, 6.07) is 2.06. The van der Waals surface area contributed by atoms with Crippen molar-refractivity contribution in [1.29, 1.82) is 0 Å². The van der Waals surface area contributed by atoms with E-state index in [2.05, 4.69) is 6.07 Å². The fourth-order valence-corrected chi connectivity index (χ4v) is 4.81. The van der Waals surface area contributed by atoms with Crippen LogP contribution in [0.3, 0.4) is 0 Å². The molecular weight excluding hydrogens is 308 g/mol. The first-order chi connectivity index (χ1) is 11.1. The average molecular weight is 334 g/mol. The van der Waals surface area contributed by atoms with E-state index in [0.717, 1.165) is 50.1 Å². The zero-order valence-electron chi connectivity index (χ0n) is 14.1. The standard InChI is InChI=1S/C18H26N2O2S/c1-19(2)17(21)13-7-8-15-14(11-13)12-16(23-15)18(22)20-9-5-3-4-6-10-20/h12-13H,3-11H2,1-2H3. The maximum absolute atomic E-state index is 12.8. The Labute approximate surface area is 142 Å². The van der Waals surface area contributed by atoms with Crippen molar-refractivity contribution in [3.8, 4) is 0 Å². The van der Waals surface area contributed by atoms with Crippen LogP contribution in [0.1, 0.15) is 52.2 Å². The van der Waals surface area contributed by atoms with Gasteiger partial charge in [-0.15, -0.1) is 11.3 Å². The Morgan fingerprint density at radius 3 is 2.52 bits per heavy atom. The molecule has 3 rings (SSSR count). The first-order valence-electron chi connectivity index (χ1n) is 8.68. The molecule has 1 aliphatic heterocycles. The zero-order chi connectivity index (χ0) is 16.4. The summed E-state index contributed by atoms with van der Waals surface area (Å²) in [5, 5.41) is 0. The van der Waals surface area contributed by atoms with Gasteiger partial charge in [0.25, 0.3) is 5.91 Å². The second-order valence-electron chi connectivity index (χ2n) is 6.94. The highest BCUT2D eigenvalue weighted by Gasteiger charge is 2.29. The van der Waals surface area contributed by atoms with E-state index in [9.17, 15) is 9.59 Å². The number of rotatable bonds is 2. The maximum Gasteiger partial charge on any atom is 0.263 e. The quantitative estimate of drug-likeness (QED) is 0.834. The molecular formula is C18H26N2O2S. The van der Waals surface area contributed by atoms with Crippen molar-refractivity contribution in [3.05, 3.63) is 21.4 Å². The number of fused-ring (bicyclic) bond motifs is 1. The minimum absolute atomic E-state index is 0.0771. The van der Waals surface area contributed by atoms with Crippen LogP contribution in [0, 0.1) is 5.92 Å². The Kier molecular flexibility index (Phi) is 5.05. The van der Waals surface area contributed by atoms with Gasteiger partial charge >= 0.3 is 0 Å². The molecule has 0 N–H and O–H groups in total. The molecule has 2 heterocycles. The van der Waals surface area contributed by atoms with Crippen LogP contribution in [0.15, 0.2) is 6.07 Å². The van der Waals surface area contributed by atoms with Gasteiger partial charge in [-0.05, 0) is 43.7 Å². The molecule has 1 aromatic heterocycles. The van der Waals surface area contributed by atoms with E-state index in [0.29, 0.717) is 0 Å². The predicted molar refractivity (Wildman–Crippen MR) is 92.9 cm³/mol. The van der Waals surface area contributed by atoms with Gasteiger partial charge in [-0.3, -0.25) is 9.59 Å². The van der Waals surface area contributed by atoms with E-state index < -0.39 is 0 Å². The summed E-state index contributed by atoms with van der Waals surface area (Å²) in [5.41, 5.74) is 1.22. The lowest BCUT2D eigenvalue weighted by atomic mass is 9.87. The lowest BCUT2D eigenvalue weighted by molar-refractivity contribution is -0.133. The predicted octanol–water partition coefficient (Wildman–Crippen LogP) is 2.96. The lowest BCUT2D eigenvalue weighted by Gasteiger charge is -2.24. The smallest absolute Gasteiger partial charge is 0.263 e. The Morgan fingerprint density at radius 1 is 1.17 bits per heavy atom. The maximum atomic E-state index is 12.8. The van der Waals surface area contributed by atoms with Crippen LogP contribution >= 0.6 is 11.3 Å². The van der Waals surface area contributed by atoms with Gasteiger partial charge in [-0.25, -0.2) is 0 Å². The van der Waals surface area contributed by atoms with Crippen molar-refractivity contribution in [2.24, 2.45) is 5.92 Å². The molecule has 0 saturated carbocycles. The molecule has 4 nitrogen and oxygen atoms in total. The first-order valence-corrected chi connectivity index (χ1v) is 9.50. The summed E-state index contributed by atoms with van der Waals surface area (Å²) in [5.74, 6) is 0.484. The Bertz CT molecular complexity index is 586. The number of nitrogens with zero attached hydrogens (tertiary/aromatic N) is 2. The molecule has 2 amide bonds. The third-order valence-electron chi connectivity index (χ3n) is 4.98. The molecule has 1 saturated heterocycles. The summed E-state index contributed by atoms with van der Waals surface area (Å²) in [4.78, 5) is 30.8. The van der Waals surface area contributed by atoms with Crippen LogP contribution in [0.5, 0.6) is 0 Å². The largest absolute Gasteiger partial charge is 0.349 e. The number of hydrogen-bond donors (Lipinski definition) is 0. The van der Waals surface area contributed by atoms with E-state index in [-0.39, 0.29) is 17.7 Å². The molecule has 0 bridgehead atoms. The molecule has 0 aromatic carbocycles. The molecule has 23 heavy (non-hydrogen) atoms. The highest BCUT2D eigenvalue weighted by molar-refractivity contribution is 7.14. The van der Waals surface area contributed by atoms with Gasteiger partial charge in [-0.2, -0.15) is 0 Å². The van der Waals surface area contributed by atoms with Crippen molar-refractivity contribution in [1.82, 2.24) is 9.80 Å². The molecule has 1 unspecified atom stereocenters. The third kappa shape index (κ3) is 3.60. The van der Waals surface area contributed by atoms with Gasteiger partial charge in [0, 0.05) is 38.0 Å². The van der Waals surface area contributed by atoms with Crippen molar-refractivity contribution in [2.45, 2.75) is 44.9 Å². The number of aryl methyl sites for hydroxylation is 1. The highest BCUT2D eigenvalue weighted by atomic mass is 32.1. The topological polar surface area (TPSA) is 40.6 Å². The van der Waals surface area contributed by atoms with Gasteiger partial charge in [-0.1, -0.05) is 12.8 Å². The second-order valence-corrected chi connectivity index (χ2v) is 8.07. The van der Waals surface area contributed by atoms with Crippen LogP contribution in [0.2, 0.25) is 0 Å². The molecule has 1 atom stereocenters. The van der Waals surface area contributed by atoms with E-state index >= 15 is 0 Å². The summed E-state index contributed by atoms with van der Waals surface area (Å²) >= 11 is 1.65. The number of carbonyl (C=O) groups excluding carboxylic acids is 2. The van der Waals surface area contributed by atoms with Crippen molar-refractivity contribution < 1.29 is 9.59 Å². The second kappa shape index (κ2) is 7.04. The summed E-state index contributed by atoms with van der Waals surface area (Å²) < 4.78 is 0. The van der Waals surface area contributed by atoms with Gasteiger partial charge in [0.2, 0.25) is 5.91 Å². The first kappa shape index (κ1) is 16.5. The zero-order valence-corrected chi connectivity index (χ0v) is 15.0. The average Bonchev–Trinajstić information content (AvgIpc) is 2.78. The lowest BCUT2D eigenvalue weighted by Crippen LogP contribution is -2.32. The minimum Gasteiger partial charge on any atom is -0.349 e. The van der Waals surface area contributed by atoms with Crippen LogP contribution in [0.25, 0.3) is 0 Å². The van der Waals surface area contributed by atoms with Crippen molar-refractivity contribution >= 4 is 23.2 Å². The van der Waals surface area contributed by atoms with Gasteiger partial charge in [0.1, 0.15) is 0 Å². The van der Waals surface area contributed by atoms with Crippen LogP contribution in [-0.4, -0.2) is 48.8 Å². The number of carbonyl (C=O) groups is 2. The SMILES string of the molecule is CN(C)C(=O)C1CCc2sc(C(=O)N3CCCCCC3)cc2C1. The Balaban J connectivity index is 1.72. The number of thiophene rings is 1. The Hall–Kier alpha value is -1.36. The fourth-order valence-electron chi connectivity index (χ4n) is 3.63. The number of likely N-dealkylation sites (tertiary alicyclic amines) is 1. The molecule has 0 spiro atoms. The normalized spacial score (nSPS) is 21.5. The van der Waals surface area contributed by atoms with Gasteiger partial charge in [0.15, 0.2) is 0 Å². The molecule has 0 radical (unpaired) electrons. The van der Waals surface area contributed by atoms with E-state index in [4.69, 9.17) is 0 Å². The van der Waals surface area contributed by atoms with Crippen LogP contribution in [-0.2, 0) is 17.6 Å². The fraction of sp³-hybridized carbons (Fsp3) is 0.667. The molecule has 126 valence electrons. The number of hydrogen-bond acceptors (Lipinski definition) is 3. The van der Waals surface area contributed by atoms with Crippen LogP contribution in [0.4, 0.5) is 0 Å². The summed E-state index contributed by atoms with van der Waals surface area (Å²) in [7, 11) is 3.64. The Morgan fingerprint density at radius 2 is 1.87 bits per heavy atom. The molecule has 1 fully saturated rings. The van der Waals surface area contributed by atoms with Crippen molar-refractivity contribution in [2.75, 3.05) is 27.2 Å². The van der Waals surface area contributed by atoms with E-state index in [1.165, 1.54) is 23.3 Å². The van der Waals surface area contributed by atoms with E-state index in [1.807, 2.05) is 19.0 Å². The highest BCUT2D eigenvalue weighted by Crippen LogP contribution is 2.33. The minimum atomic E-state index is 0.0771. The monoisotopic (exact) mass is 334 g/mol. The van der Waals surface area contributed by atoms with Gasteiger partial charge < -0.3 is 9.80 Å². The molecule has 1 aliphatic carbocycles. The van der Waals surface area contributed by atoms with E-state index in [1.54, 1.807) is 16.2 Å². The molecule has 1 aromatic rings. The summed E-state index contributed by atoms with van der Waals surface area (Å²) in [6.45, 7) is 1.78. The summed E-state index contributed by atoms with van der Waals surface area (Å²) in [6.07, 6.45) is 7.33. The molecule has 5 heteroatoms. The van der Waals surface area contributed by atoms with Gasteiger partial charge in [0.05, 0.1) is 4.88 Å². The third-order valence-corrected chi connectivity index (χ3v) is 6.20. The molecule has 2 aliphatic rings. The van der Waals surface area contributed by atoms with Crippen molar-refractivity contribution in [3.63, 3.8) is 0 Å². The number of amides is 2. The van der Waals surface area contributed by atoms with Crippen LogP contribution < -0.4 is 0 Å².